The molecule has 0 spiro atoms. The number of hydrogen-bond donors (Lipinski definition) is 0. The minimum Gasteiger partial charge on any atom is -0.385 e. The molecule has 90 valence electrons. The maximum atomic E-state index is 6.22. The topological polar surface area (TPSA) is 9.23 Å². The summed E-state index contributed by atoms with van der Waals surface area (Å²) >= 11 is 9.80. The summed E-state index contributed by atoms with van der Waals surface area (Å²) in [6.45, 7) is 3.05. The molecular formula is C13H18BrClO. The van der Waals surface area contributed by atoms with Crippen LogP contribution >= 0.6 is 27.5 Å². The quantitative estimate of drug-likeness (QED) is 0.704. The molecular weight excluding hydrogens is 287 g/mol. The number of halogens is 2. The number of hydrogen-bond acceptors (Lipinski definition) is 1. The first kappa shape index (κ1) is 14.0. The third kappa shape index (κ3) is 3.76. The van der Waals surface area contributed by atoms with Crippen LogP contribution in [-0.4, -0.2) is 19.0 Å². The fourth-order valence-electron chi connectivity index (χ4n) is 1.82. The van der Waals surface area contributed by atoms with E-state index in [0.717, 1.165) is 23.4 Å². The van der Waals surface area contributed by atoms with Crippen molar-refractivity contribution >= 4 is 27.5 Å². The smallest absolute Gasteiger partial charge is 0.0465 e. The third-order valence-corrected chi connectivity index (χ3v) is 3.98. The highest BCUT2D eigenvalue weighted by Gasteiger charge is 2.19. The Labute approximate surface area is 111 Å². The average Bonchev–Trinajstić information content (AvgIpc) is 2.30. The lowest BCUT2D eigenvalue weighted by Gasteiger charge is -2.23. The van der Waals surface area contributed by atoms with E-state index in [9.17, 15) is 0 Å². The summed E-state index contributed by atoms with van der Waals surface area (Å²) in [5, 5.41) is 1.79. The van der Waals surface area contributed by atoms with E-state index in [4.69, 9.17) is 16.3 Å². The molecule has 1 aromatic rings. The van der Waals surface area contributed by atoms with Crippen LogP contribution in [0.15, 0.2) is 24.3 Å². The van der Waals surface area contributed by atoms with Gasteiger partial charge in [-0.05, 0) is 29.9 Å². The summed E-state index contributed by atoms with van der Waals surface area (Å²) in [5.41, 5.74) is 1.23. The van der Waals surface area contributed by atoms with E-state index in [-0.39, 0.29) is 0 Å². The van der Waals surface area contributed by atoms with E-state index >= 15 is 0 Å². The third-order valence-electron chi connectivity index (χ3n) is 2.94. The molecule has 0 radical (unpaired) electrons. The Bertz CT molecular complexity index is 317. The van der Waals surface area contributed by atoms with Gasteiger partial charge < -0.3 is 4.74 Å². The van der Waals surface area contributed by atoms with Crippen molar-refractivity contribution in [2.45, 2.75) is 19.3 Å². The molecule has 0 saturated carbocycles. The molecule has 0 aromatic heterocycles. The zero-order valence-electron chi connectivity index (χ0n) is 9.75. The molecule has 0 saturated heterocycles. The van der Waals surface area contributed by atoms with Crippen LogP contribution in [0, 0.1) is 5.92 Å². The van der Waals surface area contributed by atoms with Gasteiger partial charge in [0.05, 0.1) is 0 Å². The molecule has 0 N–H and O–H groups in total. The Morgan fingerprint density at radius 2 is 2.06 bits per heavy atom. The molecule has 0 aliphatic rings. The SMILES string of the molecule is COCCC(C)C(CBr)c1ccccc1Cl. The van der Waals surface area contributed by atoms with Crippen LogP contribution in [0.4, 0.5) is 0 Å². The highest BCUT2D eigenvalue weighted by molar-refractivity contribution is 9.09. The molecule has 2 unspecified atom stereocenters. The Morgan fingerprint density at radius 3 is 2.62 bits per heavy atom. The highest BCUT2D eigenvalue weighted by atomic mass is 79.9. The van der Waals surface area contributed by atoms with Crippen molar-refractivity contribution in [1.82, 2.24) is 0 Å². The van der Waals surface area contributed by atoms with Crippen molar-refractivity contribution in [2.24, 2.45) is 5.92 Å². The fourth-order valence-corrected chi connectivity index (χ4v) is 3.09. The van der Waals surface area contributed by atoms with E-state index in [1.807, 2.05) is 18.2 Å². The molecule has 0 bridgehead atoms. The average molecular weight is 306 g/mol. The van der Waals surface area contributed by atoms with Crippen LogP contribution < -0.4 is 0 Å². The minimum atomic E-state index is 0.448. The summed E-state index contributed by atoms with van der Waals surface area (Å²) < 4.78 is 5.12. The minimum absolute atomic E-state index is 0.448. The Balaban J connectivity index is 2.77. The second kappa shape index (κ2) is 7.31. The zero-order valence-corrected chi connectivity index (χ0v) is 12.1. The largest absolute Gasteiger partial charge is 0.385 e. The lowest BCUT2D eigenvalue weighted by Crippen LogP contribution is -2.13. The fraction of sp³-hybridized carbons (Fsp3) is 0.538. The number of rotatable bonds is 6. The molecule has 2 atom stereocenters. The standard InChI is InChI=1S/C13H18BrClO/c1-10(7-8-16-2)12(9-14)11-5-3-4-6-13(11)15/h3-6,10,12H,7-9H2,1-2H3. The van der Waals surface area contributed by atoms with Gasteiger partial charge in [0.15, 0.2) is 0 Å². The first-order valence-corrected chi connectivity index (χ1v) is 7.00. The molecule has 0 fully saturated rings. The van der Waals surface area contributed by atoms with E-state index in [1.165, 1.54) is 5.56 Å². The highest BCUT2D eigenvalue weighted by Crippen LogP contribution is 2.33. The number of benzene rings is 1. The number of ether oxygens (including phenoxy) is 1. The maximum Gasteiger partial charge on any atom is 0.0465 e. The van der Waals surface area contributed by atoms with E-state index in [2.05, 4.69) is 28.9 Å². The molecule has 1 rings (SSSR count). The monoisotopic (exact) mass is 304 g/mol. The molecule has 1 aromatic carbocycles. The lowest BCUT2D eigenvalue weighted by molar-refractivity contribution is 0.176. The molecule has 1 nitrogen and oxygen atoms in total. The van der Waals surface area contributed by atoms with Crippen LogP contribution in [0.2, 0.25) is 5.02 Å². The van der Waals surface area contributed by atoms with Crippen LogP contribution in [-0.2, 0) is 4.74 Å². The Hall–Kier alpha value is -0.0500. The molecule has 16 heavy (non-hydrogen) atoms. The van der Waals surface area contributed by atoms with Crippen molar-refractivity contribution in [3.05, 3.63) is 34.9 Å². The van der Waals surface area contributed by atoms with Gasteiger partial charge in [0, 0.05) is 24.1 Å². The molecule has 0 aliphatic carbocycles. The van der Waals surface area contributed by atoms with Gasteiger partial charge in [-0.1, -0.05) is 52.7 Å². The summed E-state index contributed by atoms with van der Waals surface area (Å²) in [6, 6.07) is 8.07. The summed E-state index contributed by atoms with van der Waals surface area (Å²) in [7, 11) is 1.74. The van der Waals surface area contributed by atoms with Crippen molar-refractivity contribution in [1.29, 1.82) is 0 Å². The van der Waals surface area contributed by atoms with Gasteiger partial charge in [0.25, 0.3) is 0 Å². The van der Waals surface area contributed by atoms with Crippen molar-refractivity contribution < 1.29 is 4.74 Å². The van der Waals surface area contributed by atoms with Gasteiger partial charge in [-0.25, -0.2) is 0 Å². The zero-order chi connectivity index (χ0) is 12.0. The predicted octanol–water partition coefficient (Wildman–Crippen LogP) is 4.49. The van der Waals surface area contributed by atoms with E-state index in [0.29, 0.717) is 11.8 Å². The lowest BCUT2D eigenvalue weighted by atomic mass is 9.87. The van der Waals surface area contributed by atoms with Gasteiger partial charge in [-0.3, -0.25) is 0 Å². The van der Waals surface area contributed by atoms with Gasteiger partial charge in [-0.2, -0.15) is 0 Å². The van der Waals surface area contributed by atoms with Gasteiger partial charge in [-0.15, -0.1) is 0 Å². The second-order valence-corrected chi connectivity index (χ2v) is 5.10. The Morgan fingerprint density at radius 1 is 1.38 bits per heavy atom. The maximum absolute atomic E-state index is 6.22. The van der Waals surface area contributed by atoms with Crippen LogP contribution in [0.1, 0.15) is 24.8 Å². The van der Waals surface area contributed by atoms with Gasteiger partial charge in [0.1, 0.15) is 0 Å². The van der Waals surface area contributed by atoms with E-state index < -0.39 is 0 Å². The Kier molecular flexibility index (Phi) is 6.40. The van der Waals surface area contributed by atoms with Crippen LogP contribution in [0.25, 0.3) is 0 Å². The van der Waals surface area contributed by atoms with Gasteiger partial charge in [0.2, 0.25) is 0 Å². The molecule has 0 heterocycles. The molecule has 0 amide bonds. The van der Waals surface area contributed by atoms with Crippen molar-refractivity contribution in [3.8, 4) is 0 Å². The number of methoxy groups -OCH3 is 1. The first-order valence-electron chi connectivity index (χ1n) is 5.50. The second-order valence-electron chi connectivity index (χ2n) is 4.04. The number of alkyl halides is 1. The van der Waals surface area contributed by atoms with Gasteiger partial charge >= 0.3 is 0 Å². The summed E-state index contributed by atoms with van der Waals surface area (Å²) in [4.78, 5) is 0. The predicted molar refractivity (Wildman–Crippen MR) is 73.6 cm³/mol. The molecule has 3 heteroatoms. The van der Waals surface area contributed by atoms with Crippen LogP contribution in [0.5, 0.6) is 0 Å². The molecule has 0 aliphatic heterocycles. The van der Waals surface area contributed by atoms with Crippen molar-refractivity contribution in [3.63, 3.8) is 0 Å². The van der Waals surface area contributed by atoms with Crippen molar-refractivity contribution in [2.75, 3.05) is 19.0 Å². The van der Waals surface area contributed by atoms with Crippen LogP contribution in [0.3, 0.4) is 0 Å². The first-order chi connectivity index (χ1) is 7.70. The normalized spacial score (nSPS) is 14.8. The van der Waals surface area contributed by atoms with E-state index in [1.54, 1.807) is 7.11 Å². The summed E-state index contributed by atoms with van der Waals surface area (Å²) in [6.07, 6.45) is 1.05. The summed E-state index contributed by atoms with van der Waals surface area (Å²) in [5.74, 6) is 1.00.